The Morgan fingerprint density at radius 2 is 2.43 bits per heavy atom. The third-order valence-electron chi connectivity index (χ3n) is 2.62. The first-order valence-corrected chi connectivity index (χ1v) is 6.56. The van der Waals surface area contributed by atoms with Crippen molar-refractivity contribution in [3.8, 4) is 0 Å². The molecule has 0 aromatic heterocycles. The lowest BCUT2D eigenvalue weighted by molar-refractivity contribution is -0.137. The van der Waals surface area contributed by atoms with Crippen LogP contribution in [0.3, 0.4) is 0 Å². The maximum absolute atomic E-state index is 12.0. The Morgan fingerprint density at radius 1 is 1.71 bits per heavy atom. The molecular formula is C10H20N2OS. The lowest BCUT2D eigenvalue weighted by atomic mass is 10.1. The van der Waals surface area contributed by atoms with Crippen LogP contribution in [0.25, 0.3) is 0 Å². The number of thioether (sulfide) groups is 1. The number of rotatable bonds is 3. The molecule has 0 saturated carbocycles. The van der Waals surface area contributed by atoms with Crippen molar-refractivity contribution in [3.05, 3.63) is 0 Å². The summed E-state index contributed by atoms with van der Waals surface area (Å²) in [6, 6.07) is 0.348. The number of piperazine rings is 1. The number of carbonyl (C=O) groups is 1. The predicted octanol–water partition coefficient (Wildman–Crippen LogP) is 0.806. The van der Waals surface area contributed by atoms with Crippen LogP contribution >= 0.6 is 11.8 Å². The van der Waals surface area contributed by atoms with Gasteiger partial charge in [0.15, 0.2) is 0 Å². The second-order valence-electron chi connectivity index (χ2n) is 3.94. The number of hydrogen-bond acceptors (Lipinski definition) is 3. The first kappa shape index (κ1) is 11.9. The molecule has 1 aliphatic heterocycles. The summed E-state index contributed by atoms with van der Waals surface area (Å²) in [5.74, 6) is 1.40. The molecule has 82 valence electrons. The molecule has 1 saturated heterocycles. The molecule has 0 bridgehead atoms. The Balaban J connectivity index is 2.49. The van der Waals surface area contributed by atoms with Gasteiger partial charge in [0, 0.05) is 37.3 Å². The number of nitrogens with zero attached hydrogens (tertiary/aromatic N) is 1. The highest BCUT2D eigenvalue weighted by Crippen LogP contribution is 2.12. The minimum absolute atomic E-state index is 0.158. The summed E-state index contributed by atoms with van der Waals surface area (Å²) in [5.41, 5.74) is 0. The SMILES string of the molecule is CSCC(C)C(=O)N1CCNC[C@@H]1C. The number of hydrogen-bond donors (Lipinski definition) is 1. The molecule has 0 aliphatic carbocycles. The molecule has 1 aliphatic rings. The van der Waals surface area contributed by atoms with Crippen molar-refractivity contribution < 1.29 is 4.79 Å². The standard InChI is InChI=1S/C10H20N2OS/c1-8(7-14-3)10(13)12-5-4-11-6-9(12)2/h8-9,11H,4-7H2,1-3H3/t8?,9-/m0/s1. The maximum atomic E-state index is 12.0. The molecule has 1 amide bonds. The van der Waals surface area contributed by atoms with E-state index < -0.39 is 0 Å². The first-order chi connectivity index (χ1) is 6.66. The van der Waals surface area contributed by atoms with Crippen molar-refractivity contribution in [1.82, 2.24) is 10.2 Å². The molecule has 3 nitrogen and oxygen atoms in total. The summed E-state index contributed by atoms with van der Waals surface area (Å²) in [6.45, 7) is 6.85. The Hall–Kier alpha value is -0.220. The van der Waals surface area contributed by atoms with Crippen LogP contribution in [0.2, 0.25) is 0 Å². The van der Waals surface area contributed by atoms with E-state index in [1.807, 2.05) is 18.1 Å². The molecule has 0 spiro atoms. The van der Waals surface area contributed by atoms with E-state index >= 15 is 0 Å². The molecule has 14 heavy (non-hydrogen) atoms. The van der Waals surface area contributed by atoms with Crippen LogP contribution in [-0.2, 0) is 4.79 Å². The van der Waals surface area contributed by atoms with Gasteiger partial charge in [0.1, 0.15) is 0 Å². The fourth-order valence-electron chi connectivity index (χ4n) is 1.77. The average Bonchev–Trinajstić information content (AvgIpc) is 2.18. The van der Waals surface area contributed by atoms with Crippen LogP contribution in [0.5, 0.6) is 0 Å². The van der Waals surface area contributed by atoms with Crippen LogP contribution in [-0.4, -0.2) is 48.5 Å². The fourth-order valence-corrected chi connectivity index (χ4v) is 2.42. The highest BCUT2D eigenvalue weighted by molar-refractivity contribution is 7.98. The zero-order chi connectivity index (χ0) is 10.6. The Labute approximate surface area is 90.6 Å². The van der Waals surface area contributed by atoms with Crippen LogP contribution in [0.15, 0.2) is 0 Å². The summed E-state index contributed by atoms with van der Waals surface area (Å²) in [4.78, 5) is 14.0. The van der Waals surface area contributed by atoms with Crippen molar-refractivity contribution in [2.24, 2.45) is 5.92 Å². The Morgan fingerprint density at radius 3 is 3.00 bits per heavy atom. The highest BCUT2D eigenvalue weighted by atomic mass is 32.2. The van der Waals surface area contributed by atoms with E-state index in [0.717, 1.165) is 25.4 Å². The second kappa shape index (κ2) is 5.61. The molecule has 1 rings (SSSR count). The van der Waals surface area contributed by atoms with Gasteiger partial charge in [-0.15, -0.1) is 0 Å². The molecule has 0 aromatic carbocycles. The van der Waals surface area contributed by atoms with Crippen LogP contribution in [0, 0.1) is 5.92 Å². The number of amides is 1. The monoisotopic (exact) mass is 216 g/mol. The molecular weight excluding hydrogens is 196 g/mol. The third kappa shape index (κ3) is 2.89. The topological polar surface area (TPSA) is 32.3 Å². The van der Waals surface area contributed by atoms with Gasteiger partial charge in [0.2, 0.25) is 5.91 Å². The van der Waals surface area contributed by atoms with Gasteiger partial charge in [0.25, 0.3) is 0 Å². The normalized spacial score (nSPS) is 24.8. The average molecular weight is 216 g/mol. The predicted molar refractivity (Wildman–Crippen MR) is 61.6 cm³/mol. The van der Waals surface area contributed by atoms with E-state index in [4.69, 9.17) is 0 Å². The van der Waals surface area contributed by atoms with Gasteiger partial charge in [-0.3, -0.25) is 4.79 Å². The first-order valence-electron chi connectivity index (χ1n) is 5.17. The summed E-state index contributed by atoms with van der Waals surface area (Å²) in [6.07, 6.45) is 2.05. The summed E-state index contributed by atoms with van der Waals surface area (Å²) < 4.78 is 0. The van der Waals surface area contributed by atoms with E-state index in [1.54, 1.807) is 11.8 Å². The van der Waals surface area contributed by atoms with Crippen molar-refractivity contribution in [2.45, 2.75) is 19.9 Å². The van der Waals surface area contributed by atoms with E-state index in [-0.39, 0.29) is 5.92 Å². The number of nitrogens with one attached hydrogen (secondary N) is 1. The maximum Gasteiger partial charge on any atom is 0.226 e. The quantitative estimate of drug-likeness (QED) is 0.757. The van der Waals surface area contributed by atoms with E-state index in [9.17, 15) is 4.79 Å². The minimum Gasteiger partial charge on any atom is -0.337 e. The molecule has 0 radical (unpaired) electrons. The molecule has 1 unspecified atom stereocenters. The molecule has 1 fully saturated rings. The van der Waals surface area contributed by atoms with E-state index in [1.165, 1.54) is 0 Å². The van der Waals surface area contributed by atoms with Gasteiger partial charge in [-0.2, -0.15) is 11.8 Å². The summed E-state index contributed by atoms with van der Waals surface area (Å²) in [5, 5.41) is 3.29. The van der Waals surface area contributed by atoms with Crippen LogP contribution in [0.1, 0.15) is 13.8 Å². The second-order valence-corrected chi connectivity index (χ2v) is 4.85. The van der Waals surface area contributed by atoms with Crippen LogP contribution in [0.4, 0.5) is 0 Å². The molecule has 1 N–H and O–H groups in total. The fraction of sp³-hybridized carbons (Fsp3) is 0.900. The third-order valence-corrected chi connectivity index (χ3v) is 3.46. The van der Waals surface area contributed by atoms with Crippen molar-refractivity contribution in [3.63, 3.8) is 0 Å². The Kier molecular flexibility index (Phi) is 4.75. The smallest absolute Gasteiger partial charge is 0.226 e. The Bertz CT molecular complexity index is 199. The van der Waals surface area contributed by atoms with E-state index in [0.29, 0.717) is 11.9 Å². The summed E-state index contributed by atoms with van der Waals surface area (Å²) in [7, 11) is 0. The minimum atomic E-state index is 0.158. The summed E-state index contributed by atoms with van der Waals surface area (Å²) >= 11 is 1.74. The van der Waals surface area contributed by atoms with Gasteiger partial charge in [-0.05, 0) is 13.2 Å². The van der Waals surface area contributed by atoms with Crippen molar-refractivity contribution >= 4 is 17.7 Å². The zero-order valence-corrected chi connectivity index (χ0v) is 10.1. The molecule has 2 atom stereocenters. The molecule has 4 heteroatoms. The largest absolute Gasteiger partial charge is 0.337 e. The highest BCUT2D eigenvalue weighted by Gasteiger charge is 2.26. The van der Waals surface area contributed by atoms with Gasteiger partial charge in [-0.1, -0.05) is 6.92 Å². The van der Waals surface area contributed by atoms with Gasteiger partial charge in [-0.25, -0.2) is 0 Å². The van der Waals surface area contributed by atoms with Gasteiger partial charge in [0.05, 0.1) is 0 Å². The molecule has 0 aromatic rings. The van der Waals surface area contributed by atoms with Crippen molar-refractivity contribution in [2.75, 3.05) is 31.6 Å². The van der Waals surface area contributed by atoms with Gasteiger partial charge >= 0.3 is 0 Å². The lowest BCUT2D eigenvalue weighted by Gasteiger charge is -2.35. The van der Waals surface area contributed by atoms with Crippen molar-refractivity contribution in [1.29, 1.82) is 0 Å². The lowest BCUT2D eigenvalue weighted by Crippen LogP contribution is -2.53. The number of carbonyl (C=O) groups excluding carboxylic acids is 1. The van der Waals surface area contributed by atoms with E-state index in [2.05, 4.69) is 12.2 Å². The van der Waals surface area contributed by atoms with Gasteiger partial charge < -0.3 is 10.2 Å². The zero-order valence-electron chi connectivity index (χ0n) is 9.25. The van der Waals surface area contributed by atoms with Crippen LogP contribution < -0.4 is 5.32 Å². The molecule has 1 heterocycles.